The van der Waals surface area contributed by atoms with Crippen molar-refractivity contribution in [2.24, 2.45) is 7.05 Å². The van der Waals surface area contributed by atoms with Gasteiger partial charge in [0.05, 0.1) is 10.6 Å². The van der Waals surface area contributed by atoms with E-state index in [2.05, 4.69) is 22.2 Å². The maximum Gasteiger partial charge on any atom is 0.269 e. The van der Waals surface area contributed by atoms with Gasteiger partial charge in [-0.15, -0.1) is 12.4 Å². The molecule has 1 aromatic heterocycles. The third-order valence-corrected chi connectivity index (χ3v) is 4.10. The van der Waals surface area contributed by atoms with E-state index in [0.29, 0.717) is 6.04 Å². The number of hydrogen-bond acceptors (Lipinski definition) is 5. The Labute approximate surface area is 147 Å². The first-order valence-corrected chi connectivity index (χ1v) is 7.76. The van der Waals surface area contributed by atoms with E-state index in [1.54, 1.807) is 16.8 Å². The monoisotopic (exact) mass is 351 g/mol. The molecule has 7 nitrogen and oxygen atoms in total. The second kappa shape index (κ2) is 7.74. The van der Waals surface area contributed by atoms with E-state index in [1.807, 2.05) is 13.2 Å². The highest BCUT2D eigenvalue weighted by Crippen LogP contribution is 2.25. The van der Waals surface area contributed by atoms with Crippen molar-refractivity contribution < 1.29 is 4.92 Å². The molecule has 0 unspecified atom stereocenters. The number of hydrogen-bond donors (Lipinski definition) is 1. The molecule has 1 fully saturated rings. The molecule has 0 spiro atoms. The van der Waals surface area contributed by atoms with Crippen molar-refractivity contribution in [3.8, 4) is 11.3 Å². The topological polar surface area (TPSA) is 76.2 Å². The number of aromatic nitrogens is 2. The summed E-state index contributed by atoms with van der Waals surface area (Å²) in [6, 6.07) is 7.08. The standard InChI is InChI=1S/C16H21N5O2.ClH/c1-12-9-20(8-7-17-12)11-14-10-19(2)18-16(14)13-3-5-15(6-4-13)21(22)23;/h3-6,10,12,17H,7-9,11H2,1-2H3;1H/t12-;/m0./s1. The Kier molecular flexibility index (Phi) is 5.93. The normalized spacial score (nSPS) is 18.2. The van der Waals surface area contributed by atoms with Gasteiger partial charge in [-0.1, -0.05) is 0 Å². The summed E-state index contributed by atoms with van der Waals surface area (Å²) in [5, 5.41) is 18.8. The number of piperazine rings is 1. The summed E-state index contributed by atoms with van der Waals surface area (Å²) in [6.07, 6.45) is 2.03. The van der Waals surface area contributed by atoms with Crippen LogP contribution in [0, 0.1) is 10.1 Å². The number of nitro benzene ring substituents is 1. The second-order valence-corrected chi connectivity index (χ2v) is 6.07. The molecule has 1 aliphatic heterocycles. The van der Waals surface area contributed by atoms with Crippen LogP contribution < -0.4 is 5.32 Å². The molecule has 0 amide bonds. The van der Waals surface area contributed by atoms with E-state index < -0.39 is 0 Å². The zero-order valence-electron chi connectivity index (χ0n) is 13.8. The lowest BCUT2D eigenvalue weighted by Gasteiger charge is -2.31. The van der Waals surface area contributed by atoms with Crippen molar-refractivity contribution in [2.45, 2.75) is 19.5 Å². The Hall–Kier alpha value is -1.96. The Morgan fingerprint density at radius 1 is 1.38 bits per heavy atom. The minimum Gasteiger partial charge on any atom is -0.312 e. The number of nitro groups is 1. The van der Waals surface area contributed by atoms with E-state index >= 15 is 0 Å². The van der Waals surface area contributed by atoms with E-state index in [0.717, 1.165) is 43.0 Å². The molecule has 0 aliphatic carbocycles. The van der Waals surface area contributed by atoms with Crippen molar-refractivity contribution in [3.05, 3.63) is 46.1 Å². The minimum absolute atomic E-state index is 0. The van der Waals surface area contributed by atoms with E-state index in [4.69, 9.17) is 0 Å². The van der Waals surface area contributed by atoms with Gasteiger partial charge in [0, 0.05) is 68.7 Å². The van der Waals surface area contributed by atoms with Crippen LogP contribution in [0.5, 0.6) is 0 Å². The first kappa shape index (κ1) is 18.4. The quantitative estimate of drug-likeness (QED) is 0.675. The van der Waals surface area contributed by atoms with Gasteiger partial charge in [0.1, 0.15) is 0 Å². The van der Waals surface area contributed by atoms with Crippen LogP contribution in [0.2, 0.25) is 0 Å². The van der Waals surface area contributed by atoms with Crippen LogP contribution >= 0.6 is 12.4 Å². The largest absolute Gasteiger partial charge is 0.312 e. The van der Waals surface area contributed by atoms with Crippen LogP contribution in [-0.4, -0.2) is 45.3 Å². The molecule has 130 valence electrons. The summed E-state index contributed by atoms with van der Waals surface area (Å²) in [4.78, 5) is 12.8. The highest BCUT2D eigenvalue weighted by atomic mass is 35.5. The van der Waals surface area contributed by atoms with E-state index in [1.165, 1.54) is 12.1 Å². The molecule has 8 heteroatoms. The average molecular weight is 352 g/mol. The summed E-state index contributed by atoms with van der Waals surface area (Å²) in [6.45, 7) is 6.04. The SMILES string of the molecule is C[C@H]1CN(Cc2cn(C)nc2-c2ccc([N+](=O)[O-])cc2)CCN1.Cl. The first-order chi connectivity index (χ1) is 11.0. The predicted octanol–water partition coefficient (Wildman–Crippen LogP) is 2.21. The Morgan fingerprint density at radius 3 is 2.71 bits per heavy atom. The fourth-order valence-electron chi connectivity index (χ4n) is 3.03. The van der Waals surface area contributed by atoms with Crippen LogP contribution in [-0.2, 0) is 13.6 Å². The smallest absolute Gasteiger partial charge is 0.269 e. The van der Waals surface area contributed by atoms with Gasteiger partial charge in [0.15, 0.2) is 0 Å². The molecule has 1 saturated heterocycles. The summed E-state index contributed by atoms with van der Waals surface area (Å²) in [5.74, 6) is 0. The van der Waals surface area contributed by atoms with Crippen LogP contribution in [0.15, 0.2) is 30.5 Å². The third-order valence-electron chi connectivity index (χ3n) is 4.10. The lowest BCUT2D eigenvalue weighted by molar-refractivity contribution is -0.384. The van der Waals surface area contributed by atoms with Gasteiger partial charge in [-0.25, -0.2) is 0 Å². The highest BCUT2D eigenvalue weighted by Gasteiger charge is 2.19. The average Bonchev–Trinajstić information content (AvgIpc) is 2.88. The first-order valence-electron chi connectivity index (χ1n) is 7.76. The van der Waals surface area contributed by atoms with Crippen molar-refractivity contribution in [1.29, 1.82) is 0 Å². The summed E-state index contributed by atoms with van der Waals surface area (Å²) in [7, 11) is 1.90. The Morgan fingerprint density at radius 2 is 2.08 bits per heavy atom. The molecule has 0 saturated carbocycles. The zero-order chi connectivity index (χ0) is 16.4. The lowest BCUT2D eigenvalue weighted by atomic mass is 10.1. The van der Waals surface area contributed by atoms with E-state index in [-0.39, 0.29) is 23.0 Å². The lowest BCUT2D eigenvalue weighted by Crippen LogP contribution is -2.48. The number of benzene rings is 1. The molecule has 1 N–H and O–H groups in total. The summed E-state index contributed by atoms with van der Waals surface area (Å²) < 4.78 is 1.80. The zero-order valence-corrected chi connectivity index (χ0v) is 14.6. The molecule has 24 heavy (non-hydrogen) atoms. The molecule has 1 atom stereocenters. The summed E-state index contributed by atoms with van der Waals surface area (Å²) in [5.41, 5.74) is 3.06. The van der Waals surface area contributed by atoms with Gasteiger partial charge < -0.3 is 5.32 Å². The van der Waals surface area contributed by atoms with Gasteiger partial charge in [-0.2, -0.15) is 5.10 Å². The molecular formula is C16H22ClN5O2. The molecule has 3 rings (SSSR count). The fraction of sp³-hybridized carbons (Fsp3) is 0.438. The maximum absolute atomic E-state index is 10.8. The predicted molar refractivity (Wildman–Crippen MR) is 95.3 cm³/mol. The number of halogens is 1. The minimum atomic E-state index is -0.384. The van der Waals surface area contributed by atoms with Crippen LogP contribution in [0.1, 0.15) is 12.5 Å². The molecule has 2 aromatic rings. The van der Waals surface area contributed by atoms with Gasteiger partial charge in [0.25, 0.3) is 5.69 Å². The molecule has 1 aromatic carbocycles. The van der Waals surface area contributed by atoms with Crippen molar-refractivity contribution in [2.75, 3.05) is 19.6 Å². The Balaban J connectivity index is 0.00000208. The highest BCUT2D eigenvalue weighted by molar-refractivity contribution is 5.85. The van der Waals surface area contributed by atoms with Crippen molar-refractivity contribution in [3.63, 3.8) is 0 Å². The molecule has 2 heterocycles. The number of non-ortho nitro benzene ring substituents is 1. The number of rotatable bonds is 4. The maximum atomic E-state index is 10.8. The molecule has 1 aliphatic rings. The molecule has 0 radical (unpaired) electrons. The van der Waals surface area contributed by atoms with Crippen molar-refractivity contribution >= 4 is 18.1 Å². The second-order valence-electron chi connectivity index (χ2n) is 6.07. The van der Waals surface area contributed by atoms with Gasteiger partial charge >= 0.3 is 0 Å². The number of nitrogens with one attached hydrogen (secondary N) is 1. The molecular weight excluding hydrogens is 330 g/mol. The van der Waals surface area contributed by atoms with Crippen LogP contribution in [0.3, 0.4) is 0 Å². The van der Waals surface area contributed by atoms with Crippen LogP contribution in [0.25, 0.3) is 11.3 Å². The molecule has 0 bridgehead atoms. The van der Waals surface area contributed by atoms with Gasteiger partial charge in [-0.05, 0) is 19.1 Å². The third kappa shape index (κ3) is 4.11. The number of nitrogens with zero attached hydrogens (tertiary/aromatic N) is 4. The van der Waals surface area contributed by atoms with E-state index in [9.17, 15) is 10.1 Å². The van der Waals surface area contributed by atoms with Gasteiger partial charge in [0.2, 0.25) is 0 Å². The number of aryl methyl sites for hydroxylation is 1. The summed E-state index contributed by atoms with van der Waals surface area (Å²) >= 11 is 0. The van der Waals surface area contributed by atoms with Crippen molar-refractivity contribution in [1.82, 2.24) is 20.0 Å². The van der Waals surface area contributed by atoms with Crippen LogP contribution in [0.4, 0.5) is 5.69 Å². The van der Waals surface area contributed by atoms with Gasteiger partial charge in [-0.3, -0.25) is 19.7 Å². The Bertz CT molecular complexity index is 701. The fourth-order valence-corrected chi connectivity index (χ4v) is 3.03.